The Labute approximate surface area is 94.2 Å². The number of hydrogen-bond acceptors (Lipinski definition) is 3. The smallest absolute Gasteiger partial charge is 0.244 e. The summed E-state index contributed by atoms with van der Waals surface area (Å²) in [7, 11) is 0. The third kappa shape index (κ3) is 3.31. The predicted octanol–water partition coefficient (Wildman–Crippen LogP) is 1.64. The molecule has 0 heterocycles. The molecule has 0 spiro atoms. The molecule has 16 heavy (non-hydrogen) atoms. The summed E-state index contributed by atoms with van der Waals surface area (Å²) in [4.78, 5) is 11.3. The highest BCUT2D eigenvalue weighted by atomic mass is 16.3. The minimum Gasteiger partial charge on any atom is -0.507 e. The Hall–Kier alpha value is -1.97. The zero-order chi connectivity index (χ0) is 12.1. The van der Waals surface area contributed by atoms with Crippen LogP contribution in [0.2, 0.25) is 0 Å². The van der Waals surface area contributed by atoms with E-state index in [4.69, 9.17) is 0 Å². The fourth-order valence-electron chi connectivity index (χ4n) is 1.20. The van der Waals surface area contributed by atoms with Crippen LogP contribution in [0.5, 0.6) is 11.5 Å². The van der Waals surface area contributed by atoms with E-state index in [9.17, 15) is 15.0 Å². The molecule has 3 N–H and O–H groups in total. The van der Waals surface area contributed by atoms with Gasteiger partial charge in [0.2, 0.25) is 5.91 Å². The number of carbonyl (C=O) groups is 1. The topological polar surface area (TPSA) is 69.6 Å². The van der Waals surface area contributed by atoms with E-state index in [-0.39, 0.29) is 29.0 Å². The highest BCUT2D eigenvalue weighted by Gasteiger charge is 2.04. The van der Waals surface area contributed by atoms with Gasteiger partial charge in [-0.1, -0.05) is 6.07 Å². The molecule has 86 valence electrons. The Bertz CT molecular complexity index is 390. The lowest BCUT2D eigenvalue weighted by molar-refractivity contribution is -0.116. The van der Waals surface area contributed by atoms with E-state index >= 15 is 0 Å². The number of phenolic OH excluding ortho intramolecular Hbond substituents is 2. The molecule has 0 fully saturated rings. The van der Waals surface area contributed by atoms with Crippen LogP contribution in [0.3, 0.4) is 0 Å². The molecule has 0 aliphatic carbocycles. The van der Waals surface area contributed by atoms with Gasteiger partial charge in [-0.3, -0.25) is 4.79 Å². The summed E-state index contributed by atoms with van der Waals surface area (Å²) in [5.41, 5.74) is 0.237. The van der Waals surface area contributed by atoms with Gasteiger partial charge in [-0.05, 0) is 32.1 Å². The van der Waals surface area contributed by atoms with E-state index in [1.807, 2.05) is 13.8 Å². The lowest BCUT2D eigenvalue weighted by Crippen LogP contribution is -2.28. The van der Waals surface area contributed by atoms with Gasteiger partial charge in [0.1, 0.15) is 11.5 Å². The zero-order valence-corrected chi connectivity index (χ0v) is 9.27. The van der Waals surface area contributed by atoms with Crippen molar-refractivity contribution in [3.05, 3.63) is 29.8 Å². The number of aromatic hydroxyl groups is 2. The normalized spacial score (nSPS) is 10.9. The molecule has 0 aliphatic heterocycles. The summed E-state index contributed by atoms with van der Waals surface area (Å²) in [6.07, 6.45) is 2.65. The van der Waals surface area contributed by atoms with Gasteiger partial charge >= 0.3 is 0 Å². The molecular weight excluding hydrogens is 206 g/mol. The van der Waals surface area contributed by atoms with E-state index in [1.165, 1.54) is 30.4 Å². The van der Waals surface area contributed by atoms with Gasteiger partial charge in [0.25, 0.3) is 0 Å². The first kappa shape index (κ1) is 12.1. The van der Waals surface area contributed by atoms with E-state index in [1.54, 1.807) is 0 Å². The van der Waals surface area contributed by atoms with Crippen molar-refractivity contribution in [3.63, 3.8) is 0 Å². The monoisotopic (exact) mass is 221 g/mol. The molecule has 0 aliphatic rings. The van der Waals surface area contributed by atoms with Crippen molar-refractivity contribution in [2.24, 2.45) is 0 Å². The van der Waals surface area contributed by atoms with Gasteiger partial charge in [-0.25, -0.2) is 0 Å². The van der Waals surface area contributed by atoms with Crippen molar-refractivity contribution in [1.82, 2.24) is 5.32 Å². The summed E-state index contributed by atoms with van der Waals surface area (Å²) in [5, 5.41) is 21.5. The number of phenols is 2. The minimum atomic E-state index is -0.266. The van der Waals surface area contributed by atoms with E-state index < -0.39 is 0 Å². The number of benzene rings is 1. The molecule has 4 heteroatoms. The molecule has 1 aromatic rings. The average Bonchev–Trinajstić information content (AvgIpc) is 2.15. The second kappa shape index (κ2) is 5.21. The Morgan fingerprint density at radius 3 is 2.38 bits per heavy atom. The van der Waals surface area contributed by atoms with Crippen LogP contribution in [-0.4, -0.2) is 22.2 Å². The van der Waals surface area contributed by atoms with Crippen molar-refractivity contribution in [1.29, 1.82) is 0 Å². The minimum absolute atomic E-state index is 0.0510. The fourth-order valence-corrected chi connectivity index (χ4v) is 1.20. The highest BCUT2D eigenvalue weighted by Crippen LogP contribution is 2.27. The molecule has 0 radical (unpaired) electrons. The van der Waals surface area contributed by atoms with Gasteiger partial charge in [0.05, 0.1) is 5.56 Å². The molecule has 0 bridgehead atoms. The number of hydrogen-bond donors (Lipinski definition) is 3. The number of nitrogens with one attached hydrogen (secondary N) is 1. The van der Waals surface area contributed by atoms with Crippen LogP contribution in [0.25, 0.3) is 6.08 Å². The molecule has 0 saturated heterocycles. The van der Waals surface area contributed by atoms with Crippen molar-refractivity contribution < 1.29 is 15.0 Å². The van der Waals surface area contributed by atoms with Gasteiger partial charge in [-0.15, -0.1) is 0 Å². The molecule has 1 amide bonds. The third-order valence-corrected chi connectivity index (χ3v) is 1.89. The summed E-state index contributed by atoms with van der Waals surface area (Å²) in [6.45, 7) is 3.70. The molecule has 0 atom stereocenters. The van der Waals surface area contributed by atoms with E-state index in [0.29, 0.717) is 0 Å². The van der Waals surface area contributed by atoms with Gasteiger partial charge in [-0.2, -0.15) is 0 Å². The quantitative estimate of drug-likeness (QED) is 0.679. The van der Waals surface area contributed by atoms with Crippen LogP contribution >= 0.6 is 0 Å². The zero-order valence-electron chi connectivity index (χ0n) is 9.27. The molecule has 1 aromatic carbocycles. The third-order valence-electron chi connectivity index (χ3n) is 1.89. The Morgan fingerprint density at radius 1 is 1.31 bits per heavy atom. The lowest BCUT2D eigenvalue weighted by atomic mass is 10.1. The maximum absolute atomic E-state index is 11.3. The average molecular weight is 221 g/mol. The molecule has 0 saturated carbocycles. The van der Waals surface area contributed by atoms with Crippen molar-refractivity contribution in [2.45, 2.75) is 19.9 Å². The SMILES string of the molecule is CC(C)NC(=O)/C=C/c1c(O)cccc1O. The van der Waals surface area contributed by atoms with Gasteiger partial charge in [0.15, 0.2) is 0 Å². The lowest BCUT2D eigenvalue weighted by Gasteiger charge is -2.05. The molecule has 0 unspecified atom stereocenters. The van der Waals surface area contributed by atoms with Crippen LogP contribution in [0, 0.1) is 0 Å². The molecule has 1 rings (SSSR count). The standard InChI is InChI=1S/C12H15NO3/c1-8(2)13-12(16)7-6-9-10(14)4-3-5-11(9)15/h3-8,14-15H,1-2H3,(H,13,16)/b7-6+. The Morgan fingerprint density at radius 2 is 1.88 bits per heavy atom. The Balaban J connectivity index is 2.80. The van der Waals surface area contributed by atoms with Gasteiger partial charge < -0.3 is 15.5 Å². The maximum atomic E-state index is 11.3. The number of rotatable bonds is 3. The van der Waals surface area contributed by atoms with Crippen LogP contribution in [0.1, 0.15) is 19.4 Å². The summed E-state index contributed by atoms with van der Waals surface area (Å²) >= 11 is 0. The van der Waals surface area contributed by atoms with Gasteiger partial charge in [0, 0.05) is 12.1 Å². The molecular formula is C12H15NO3. The first-order valence-corrected chi connectivity index (χ1v) is 5.00. The summed E-state index contributed by atoms with van der Waals surface area (Å²) in [6, 6.07) is 4.46. The summed E-state index contributed by atoms with van der Waals surface area (Å²) < 4.78 is 0. The molecule has 4 nitrogen and oxygen atoms in total. The predicted molar refractivity (Wildman–Crippen MR) is 62.1 cm³/mol. The van der Waals surface area contributed by atoms with Crippen molar-refractivity contribution in [2.75, 3.05) is 0 Å². The van der Waals surface area contributed by atoms with E-state index in [2.05, 4.69) is 5.32 Å². The van der Waals surface area contributed by atoms with Crippen molar-refractivity contribution >= 4 is 12.0 Å². The van der Waals surface area contributed by atoms with Crippen LogP contribution in [0.4, 0.5) is 0 Å². The first-order valence-electron chi connectivity index (χ1n) is 5.00. The molecule has 0 aromatic heterocycles. The largest absolute Gasteiger partial charge is 0.507 e. The van der Waals surface area contributed by atoms with E-state index in [0.717, 1.165) is 0 Å². The second-order valence-electron chi connectivity index (χ2n) is 3.71. The van der Waals surface area contributed by atoms with Crippen LogP contribution in [-0.2, 0) is 4.79 Å². The van der Waals surface area contributed by atoms with Crippen molar-refractivity contribution in [3.8, 4) is 11.5 Å². The Kier molecular flexibility index (Phi) is 3.94. The second-order valence-corrected chi connectivity index (χ2v) is 3.71. The fraction of sp³-hybridized carbons (Fsp3) is 0.250. The number of carbonyl (C=O) groups excluding carboxylic acids is 1. The highest BCUT2D eigenvalue weighted by molar-refractivity contribution is 5.92. The maximum Gasteiger partial charge on any atom is 0.244 e. The van der Waals surface area contributed by atoms with Crippen LogP contribution in [0.15, 0.2) is 24.3 Å². The van der Waals surface area contributed by atoms with Crippen LogP contribution < -0.4 is 5.32 Å². The number of amides is 1. The summed E-state index contributed by atoms with van der Waals surface area (Å²) in [5.74, 6) is -0.389. The first-order chi connectivity index (χ1) is 7.50.